The third-order valence-electron chi connectivity index (χ3n) is 2.35. The van der Waals surface area contributed by atoms with Crippen molar-refractivity contribution in [1.82, 2.24) is 4.72 Å². The number of methoxy groups -OCH3 is 1. The van der Waals surface area contributed by atoms with Gasteiger partial charge in [-0.25, -0.2) is 17.5 Å². The first-order valence-corrected chi connectivity index (χ1v) is 6.85. The summed E-state index contributed by atoms with van der Waals surface area (Å²) in [6.45, 7) is 1.49. The van der Waals surface area contributed by atoms with Crippen LogP contribution in [0.25, 0.3) is 0 Å². The molecule has 0 aliphatic heterocycles. The van der Waals surface area contributed by atoms with E-state index in [4.69, 9.17) is 9.84 Å². The summed E-state index contributed by atoms with van der Waals surface area (Å²) < 4.78 is 44.2. The Bertz CT molecular complexity index is 504. The van der Waals surface area contributed by atoms with Gasteiger partial charge in [-0.15, -0.1) is 0 Å². The molecule has 0 radical (unpaired) electrons. The highest BCUT2D eigenvalue weighted by atomic mass is 32.2. The van der Waals surface area contributed by atoms with Gasteiger partial charge in [0.05, 0.1) is 12.0 Å². The summed E-state index contributed by atoms with van der Waals surface area (Å²) in [7, 11) is -2.49. The average molecular weight is 277 g/mol. The first kappa shape index (κ1) is 14.9. The van der Waals surface area contributed by atoms with E-state index in [0.29, 0.717) is 0 Å². The van der Waals surface area contributed by atoms with Crippen molar-refractivity contribution in [1.29, 1.82) is 0 Å². The van der Waals surface area contributed by atoms with E-state index in [1.165, 1.54) is 19.2 Å². The molecule has 2 N–H and O–H groups in total. The minimum atomic E-state index is -3.79. The number of nitrogens with one attached hydrogen (secondary N) is 1. The summed E-state index contributed by atoms with van der Waals surface area (Å²) in [5.74, 6) is -0.757. The summed E-state index contributed by atoms with van der Waals surface area (Å²) in [6.07, 6.45) is 0.290. The highest BCUT2D eigenvalue weighted by Crippen LogP contribution is 2.20. The highest BCUT2D eigenvalue weighted by Gasteiger charge is 2.18. The fraction of sp³-hybridized carbons (Fsp3) is 0.455. The van der Waals surface area contributed by atoms with E-state index in [1.54, 1.807) is 6.92 Å². The van der Waals surface area contributed by atoms with Gasteiger partial charge in [0, 0.05) is 12.6 Å². The molecule has 0 bridgehead atoms. The number of aliphatic hydroxyl groups is 1. The molecule has 1 aromatic rings. The van der Waals surface area contributed by atoms with Gasteiger partial charge in [0.2, 0.25) is 10.0 Å². The van der Waals surface area contributed by atoms with Crippen molar-refractivity contribution in [3.8, 4) is 5.75 Å². The Morgan fingerprint density at radius 3 is 2.67 bits per heavy atom. The van der Waals surface area contributed by atoms with Crippen molar-refractivity contribution in [3.05, 3.63) is 24.0 Å². The second kappa shape index (κ2) is 6.12. The zero-order chi connectivity index (χ0) is 13.8. The topological polar surface area (TPSA) is 75.6 Å². The number of ether oxygens (including phenoxy) is 1. The van der Waals surface area contributed by atoms with E-state index in [0.717, 1.165) is 6.07 Å². The maximum absolute atomic E-state index is 13.4. The van der Waals surface area contributed by atoms with Gasteiger partial charge in [-0.3, -0.25) is 0 Å². The van der Waals surface area contributed by atoms with Crippen LogP contribution in [0.15, 0.2) is 23.1 Å². The van der Waals surface area contributed by atoms with Crippen LogP contribution in [-0.2, 0) is 10.0 Å². The molecule has 1 rings (SSSR count). The molecule has 0 aromatic heterocycles. The molecule has 0 heterocycles. The molecule has 0 aliphatic carbocycles. The molecule has 1 aromatic carbocycles. The van der Waals surface area contributed by atoms with Crippen LogP contribution in [0, 0.1) is 5.82 Å². The monoisotopic (exact) mass is 277 g/mol. The molecule has 0 spiro atoms. The lowest BCUT2D eigenvalue weighted by Gasteiger charge is -2.13. The van der Waals surface area contributed by atoms with E-state index in [9.17, 15) is 12.8 Å². The van der Waals surface area contributed by atoms with E-state index in [1.807, 2.05) is 0 Å². The van der Waals surface area contributed by atoms with Crippen LogP contribution in [0.5, 0.6) is 5.75 Å². The molecule has 1 unspecified atom stereocenters. The predicted octanol–water partition coefficient (Wildman–Crippen LogP) is 0.883. The highest BCUT2D eigenvalue weighted by molar-refractivity contribution is 7.89. The minimum Gasteiger partial charge on any atom is -0.494 e. The number of aliphatic hydroxyl groups excluding tert-OH is 1. The SMILES string of the molecule is COc1ccc(S(=O)(=O)NC(C)CCO)cc1F. The molecular formula is C11H16FNO4S. The third-order valence-corrected chi connectivity index (χ3v) is 3.94. The number of halogens is 1. The van der Waals surface area contributed by atoms with Gasteiger partial charge in [-0.1, -0.05) is 0 Å². The molecule has 0 saturated heterocycles. The van der Waals surface area contributed by atoms with E-state index in [2.05, 4.69) is 4.72 Å². The van der Waals surface area contributed by atoms with Crippen LogP contribution in [-0.4, -0.2) is 33.3 Å². The second-order valence-electron chi connectivity index (χ2n) is 3.83. The molecule has 18 heavy (non-hydrogen) atoms. The van der Waals surface area contributed by atoms with Gasteiger partial charge in [0.25, 0.3) is 0 Å². The number of hydrogen-bond donors (Lipinski definition) is 2. The molecular weight excluding hydrogens is 261 g/mol. The molecule has 1 atom stereocenters. The fourth-order valence-electron chi connectivity index (χ4n) is 1.40. The number of hydrogen-bond acceptors (Lipinski definition) is 4. The molecule has 0 fully saturated rings. The molecule has 102 valence electrons. The standard InChI is InChI=1S/C11H16FNO4S/c1-8(5-6-14)13-18(15,16)9-3-4-11(17-2)10(12)7-9/h3-4,7-8,13-14H,5-6H2,1-2H3. The first-order chi connectivity index (χ1) is 8.40. The lowest BCUT2D eigenvalue weighted by atomic mass is 10.3. The lowest BCUT2D eigenvalue weighted by molar-refractivity contribution is 0.275. The van der Waals surface area contributed by atoms with Crippen LogP contribution < -0.4 is 9.46 Å². The molecule has 0 aliphatic rings. The van der Waals surface area contributed by atoms with Gasteiger partial charge in [-0.05, 0) is 31.5 Å². The van der Waals surface area contributed by atoms with Gasteiger partial charge in [0.1, 0.15) is 0 Å². The predicted molar refractivity (Wildman–Crippen MR) is 64.4 cm³/mol. The van der Waals surface area contributed by atoms with Gasteiger partial charge >= 0.3 is 0 Å². The smallest absolute Gasteiger partial charge is 0.240 e. The van der Waals surface area contributed by atoms with Crippen molar-refractivity contribution in [2.24, 2.45) is 0 Å². The molecule has 0 amide bonds. The Balaban J connectivity index is 2.95. The maximum Gasteiger partial charge on any atom is 0.240 e. The summed E-state index contributed by atoms with van der Waals surface area (Å²) in [4.78, 5) is -0.175. The second-order valence-corrected chi connectivity index (χ2v) is 5.54. The van der Waals surface area contributed by atoms with Gasteiger partial charge in [-0.2, -0.15) is 0 Å². The molecule has 7 heteroatoms. The fourth-order valence-corrected chi connectivity index (χ4v) is 2.69. The zero-order valence-electron chi connectivity index (χ0n) is 10.2. The Morgan fingerprint density at radius 1 is 1.50 bits per heavy atom. The van der Waals surface area contributed by atoms with Gasteiger partial charge < -0.3 is 9.84 Å². The Morgan fingerprint density at radius 2 is 2.17 bits per heavy atom. The maximum atomic E-state index is 13.4. The van der Waals surface area contributed by atoms with E-state index < -0.39 is 21.9 Å². The summed E-state index contributed by atoms with van der Waals surface area (Å²) in [5, 5.41) is 8.71. The Hall–Kier alpha value is -1.18. The zero-order valence-corrected chi connectivity index (χ0v) is 11.0. The van der Waals surface area contributed by atoms with E-state index >= 15 is 0 Å². The number of rotatable bonds is 6. The summed E-state index contributed by atoms with van der Waals surface area (Å²) in [5.41, 5.74) is 0. The Kier molecular flexibility index (Phi) is 5.06. The van der Waals surface area contributed by atoms with Gasteiger partial charge in [0.15, 0.2) is 11.6 Å². The van der Waals surface area contributed by atoms with Crippen molar-refractivity contribution in [3.63, 3.8) is 0 Å². The average Bonchev–Trinajstić information content (AvgIpc) is 2.28. The quantitative estimate of drug-likeness (QED) is 0.809. The van der Waals surface area contributed by atoms with Crippen molar-refractivity contribution >= 4 is 10.0 Å². The van der Waals surface area contributed by atoms with Crippen molar-refractivity contribution in [2.75, 3.05) is 13.7 Å². The van der Waals surface area contributed by atoms with Crippen LogP contribution in [0.3, 0.4) is 0 Å². The normalized spacial score (nSPS) is 13.3. The van der Waals surface area contributed by atoms with Crippen LogP contribution in [0.1, 0.15) is 13.3 Å². The first-order valence-electron chi connectivity index (χ1n) is 5.37. The summed E-state index contributed by atoms with van der Waals surface area (Å²) >= 11 is 0. The number of sulfonamides is 1. The largest absolute Gasteiger partial charge is 0.494 e. The number of benzene rings is 1. The minimum absolute atomic E-state index is 0.0163. The lowest BCUT2D eigenvalue weighted by Crippen LogP contribution is -2.33. The van der Waals surface area contributed by atoms with Crippen molar-refractivity contribution in [2.45, 2.75) is 24.3 Å². The van der Waals surface area contributed by atoms with Crippen LogP contribution in [0.2, 0.25) is 0 Å². The third kappa shape index (κ3) is 3.66. The van der Waals surface area contributed by atoms with Crippen molar-refractivity contribution < 1.29 is 22.7 Å². The van der Waals surface area contributed by atoms with E-state index in [-0.39, 0.29) is 23.7 Å². The summed E-state index contributed by atoms with van der Waals surface area (Å²) in [6, 6.07) is 2.98. The molecule has 5 nitrogen and oxygen atoms in total. The molecule has 0 saturated carbocycles. The van der Waals surface area contributed by atoms with Crippen LogP contribution >= 0.6 is 0 Å². The Labute approximate surface area is 106 Å². The van der Waals surface area contributed by atoms with Crippen LogP contribution in [0.4, 0.5) is 4.39 Å².